The monoisotopic (exact) mass is 374 g/mol. The molecule has 1 aromatic heterocycles. The van der Waals surface area contributed by atoms with Gasteiger partial charge in [-0.25, -0.2) is 19.3 Å². The van der Waals surface area contributed by atoms with E-state index in [1.165, 1.54) is 0 Å². The Morgan fingerprint density at radius 3 is 2.59 bits per heavy atom. The lowest BCUT2D eigenvalue weighted by molar-refractivity contribution is 0.0274. The molecule has 0 bridgehead atoms. The van der Waals surface area contributed by atoms with Crippen molar-refractivity contribution in [1.29, 1.82) is 0 Å². The number of carbonyl (C=O) groups is 2. The average molecular weight is 374 g/mol. The molecule has 3 rings (SSSR count). The van der Waals surface area contributed by atoms with Gasteiger partial charge in [0.05, 0.1) is 23.9 Å². The van der Waals surface area contributed by atoms with Crippen molar-refractivity contribution in [3.63, 3.8) is 0 Å². The fourth-order valence-corrected chi connectivity index (χ4v) is 3.04. The third kappa shape index (κ3) is 3.77. The van der Waals surface area contributed by atoms with E-state index in [1.54, 1.807) is 35.9 Å². The number of aromatic nitrogens is 3. The van der Waals surface area contributed by atoms with E-state index in [0.29, 0.717) is 23.5 Å². The summed E-state index contributed by atoms with van der Waals surface area (Å²) in [4.78, 5) is 28.7. The van der Waals surface area contributed by atoms with Crippen LogP contribution >= 0.6 is 0 Å². The number of hydrogen-bond acceptors (Lipinski definition) is 8. The first kappa shape index (κ1) is 18.8. The van der Waals surface area contributed by atoms with E-state index in [4.69, 9.17) is 14.7 Å². The van der Waals surface area contributed by atoms with Gasteiger partial charge in [0.1, 0.15) is 0 Å². The molecule has 9 heteroatoms. The summed E-state index contributed by atoms with van der Waals surface area (Å²) in [6.07, 6.45) is -0.0609. The number of benzene rings is 1. The number of rotatable bonds is 6. The third-order valence-electron chi connectivity index (χ3n) is 4.44. The second kappa shape index (κ2) is 7.75. The van der Waals surface area contributed by atoms with Crippen LogP contribution in [0.2, 0.25) is 0 Å². The number of anilines is 1. The first-order valence-electron chi connectivity index (χ1n) is 8.79. The van der Waals surface area contributed by atoms with Crippen LogP contribution in [0.15, 0.2) is 24.3 Å². The highest BCUT2D eigenvalue weighted by atomic mass is 16.5. The van der Waals surface area contributed by atoms with Crippen molar-refractivity contribution in [1.82, 2.24) is 14.8 Å². The Kier molecular flexibility index (Phi) is 5.41. The van der Waals surface area contributed by atoms with E-state index in [9.17, 15) is 9.59 Å². The molecule has 0 amide bonds. The molecule has 0 saturated heterocycles. The van der Waals surface area contributed by atoms with Gasteiger partial charge in [-0.05, 0) is 37.1 Å². The van der Waals surface area contributed by atoms with Crippen LogP contribution in [-0.2, 0) is 9.47 Å². The summed E-state index contributed by atoms with van der Waals surface area (Å²) < 4.78 is 12.3. The molecule has 0 radical (unpaired) electrons. The summed E-state index contributed by atoms with van der Waals surface area (Å²) in [5.74, 6) is -0.477. The maximum atomic E-state index is 12.5. The van der Waals surface area contributed by atoms with Crippen molar-refractivity contribution < 1.29 is 24.3 Å². The SMILES string of the molecule is CCOC(=O)c1nc2n(n1)[C@H](C(C)C)C[C@H]2OC(=O)c1ccc(NO)cc1. The molecule has 2 atom stereocenters. The molecule has 144 valence electrons. The van der Waals surface area contributed by atoms with Gasteiger partial charge >= 0.3 is 11.9 Å². The van der Waals surface area contributed by atoms with E-state index in [0.717, 1.165) is 0 Å². The highest BCUT2D eigenvalue weighted by Crippen LogP contribution is 2.39. The molecule has 0 unspecified atom stereocenters. The van der Waals surface area contributed by atoms with Crippen molar-refractivity contribution in [3.05, 3.63) is 41.5 Å². The Morgan fingerprint density at radius 1 is 1.30 bits per heavy atom. The van der Waals surface area contributed by atoms with Crippen LogP contribution in [0.3, 0.4) is 0 Å². The van der Waals surface area contributed by atoms with Gasteiger partial charge in [-0.3, -0.25) is 10.7 Å². The molecule has 0 fully saturated rings. The Labute approximate surface area is 156 Å². The molecule has 1 aromatic carbocycles. The second-order valence-electron chi connectivity index (χ2n) is 6.59. The normalized spacial score (nSPS) is 18.3. The summed E-state index contributed by atoms with van der Waals surface area (Å²) in [5, 5.41) is 13.1. The summed E-state index contributed by atoms with van der Waals surface area (Å²) in [6.45, 7) is 6.00. The molecule has 0 spiro atoms. The zero-order chi connectivity index (χ0) is 19.6. The Hall–Kier alpha value is -2.94. The average Bonchev–Trinajstić information content (AvgIpc) is 3.22. The van der Waals surface area contributed by atoms with E-state index in [1.807, 2.05) is 19.3 Å². The zero-order valence-corrected chi connectivity index (χ0v) is 15.4. The van der Waals surface area contributed by atoms with Gasteiger partial charge in [-0.1, -0.05) is 13.8 Å². The zero-order valence-electron chi connectivity index (χ0n) is 15.4. The van der Waals surface area contributed by atoms with Crippen LogP contribution in [0.1, 0.15) is 66.1 Å². The van der Waals surface area contributed by atoms with Crippen LogP contribution < -0.4 is 5.48 Å². The molecule has 2 aromatic rings. The fraction of sp³-hybridized carbons (Fsp3) is 0.444. The molecule has 1 aliphatic heterocycles. The number of hydrogen-bond donors (Lipinski definition) is 2. The predicted molar refractivity (Wildman–Crippen MR) is 94.5 cm³/mol. The number of esters is 2. The van der Waals surface area contributed by atoms with Gasteiger partial charge in [-0.15, -0.1) is 5.10 Å². The van der Waals surface area contributed by atoms with Gasteiger partial charge in [0.25, 0.3) is 5.82 Å². The molecule has 2 heterocycles. The van der Waals surface area contributed by atoms with Gasteiger partial charge < -0.3 is 9.47 Å². The number of nitrogens with one attached hydrogen (secondary N) is 1. The van der Waals surface area contributed by atoms with Gasteiger partial charge in [0.2, 0.25) is 0 Å². The van der Waals surface area contributed by atoms with Crippen LogP contribution in [0.4, 0.5) is 5.69 Å². The molecule has 2 N–H and O–H groups in total. The third-order valence-corrected chi connectivity index (χ3v) is 4.44. The van der Waals surface area contributed by atoms with Crippen molar-refractivity contribution in [3.8, 4) is 0 Å². The summed E-state index contributed by atoms with van der Waals surface area (Å²) >= 11 is 0. The lowest BCUT2D eigenvalue weighted by Gasteiger charge is -2.16. The number of fused-ring (bicyclic) bond motifs is 1. The molecule has 0 saturated carbocycles. The van der Waals surface area contributed by atoms with Crippen LogP contribution in [0.5, 0.6) is 0 Å². The number of nitrogens with zero attached hydrogens (tertiary/aromatic N) is 3. The molecule has 9 nitrogen and oxygen atoms in total. The first-order valence-corrected chi connectivity index (χ1v) is 8.79. The first-order chi connectivity index (χ1) is 12.9. The minimum absolute atomic E-state index is 0.0309. The largest absolute Gasteiger partial charge is 0.460 e. The standard InChI is InChI=1S/C18H22N4O5/c1-4-26-18(24)15-19-16-14(9-13(10(2)3)22(16)20-15)27-17(23)11-5-7-12(21-25)8-6-11/h5-8,10,13-14,21,25H,4,9H2,1-3H3/t13-,14+/m0/s1. The van der Waals surface area contributed by atoms with Gasteiger partial charge in [0.15, 0.2) is 11.9 Å². The summed E-state index contributed by atoms with van der Waals surface area (Å²) in [7, 11) is 0. The molecular weight excluding hydrogens is 352 g/mol. The van der Waals surface area contributed by atoms with E-state index >= 15 is 0 Å². The minimum Gasteiger partial charge on any atom is -0.460 e. The van der Waals surface area contributed by atoms with Gasteiger partial charge in [-0.2, -0.15) is 0 Å². The molecule has 0 aliphatic carbocycles. The topological polar surface area (TPSA) is 116 Å². The second-order valence-corrected chi connectivity index (χ2v) is 6.59. The van der Waals surface area contributed by atoms with Crippen LogP contribution in [-0.4, -0.2) is 38.5 Å². The summed E-state index contributed by atoms with van der Waals surface area (Å²) in [6, 6.07) is 6.18. The Bertz CT molecular complexity index is 831. The number of carbonyl (C=O) groups excluding carboxylic acids is 2. The lowest BCUT2D eigenvalue weighted by Crippen LogP contribution is -2.15. The smallest absolute Gasteiger partial charge is 0.378 e. The molecule has 27 heavy (non-hydrogen) atoms. The van der Waals surface area contributed by atoms with Crippen molar-refractivity contribution in [2.24, 2.45) is 5.92 Å². The van der Waals surface area contributed by atoms with E-state index in [2.05, 4.69) is 10.1 Å². The maximum Gasteiger partial charge on any atom is 0.378 e. The van der Waals surface area contributed by atoms with E-state index in [-0.39, 0.29) is 24.4 Å². The maximum absolute atomic E-state index is 12.5. The number of ether oxygens (including phenoxy) is 2. The van der Waals surface area contributed by atoms with Crippen LogP contribution in [0, 0.1) is 5.92 Å². The van der Waals surface area contributed by atoms with Gasteiger partial charge in [0, 0.05) is 6.42 Å². The minimum atomic E-state index is -0.601. The Balaban J connectivity index is 1.82. The molecular formula is C18H22N4O5. The highest BCUT2D eigenvalue weighted by molar-refractivity contribution is 5.90. The quantitative estimate of drug-likeness (QED) is 0.586. The lowest BCUT2D eigenvalue weighted by atomic mass is 10.0. The van der Waals surface area contributed by atoms with Crippen molar-refractivity contribution in [2.75, 3.05) is 12.1 Å². The fourth-order valence-electron chi connectivity index (χ4n) is 3.04. The highest BCUT2D eigenvalue weighted by Gasteiger charge is 2.39. The summed E-state index contributed by atoms with van der Waals surface area (Å²) in [5.41, 5.74) is 2.81. The van der Waals surface area contributed by atoms with E-state index < -0.39 is 18.0 Å². The van der Waals surface area contributed by atoms with Crippen LogP contribution in [0.25, 0.3) is 0 Å². The molecule has 1 aliphatic rings. The van der Waals surface area contributed by atoms with Crippen molar-refractivity contribution >= 4 is 17.6 Å². The predicted octanol–water partition coefficient (Wildman–Crippen LogP) is 2.75. The Morgan fingerprint density at radius 2 is 2.00 bits per heavy atom. The van der Waals surface area contributed by atoms with Crippen molar-refractivity contribution in [2.45, 2.75) is 39.3 Å².